The Balaban J connectivity index is 1.34. The lowest BCUT2D eigenvalue weighted by atomic mass is 10.0. The predicted octanol–water partition coefficient (Wildman–Crippen LogP) is 4.54. The molecule has 1 amide bonds. The maximum atomic E-state index is 12.9. The van der Waals surface area contributed by atoms with E-state index in [9.17, 15) is 9.18 Å². The van der Waals surface area contributed by atoms with Gasteiger partial charge in [-0.05, 0) is 54.3 Å². The Morgan fingerprint density at radius 1 is 1.20 bits per heavy atom. The van der Waals surface area contributed by atoms with Crippen LogP contribution in [0.3, 0.4) is 0 Å². The average molecular weight is 409 g/mol. The minimum atomic E-state index is -0.321. The summed E-state index contributed by atoms with van der Waals surface area (Å²) in [6.07, 6.45) is 0.785. The molecule has 0 spiro atoms. The third kappa shape index (κ3) is 4.50. The highest BCUT2D eigenvalue weighted by Crippen LogP contribution is 2.27. The van der Waals surface area contributed by atoms with E-state index in [4.69, 9.17) is 9.26 Å². The summed E-state index contributed by atoms with van der Waals surface area (Å²) in [4.78, 5) is 19.0. The summed E-state index contributed by atoms with van der Waals surface area (Å²) in [6.45, 7) is 5.59. The predicted molar refractivity (Wildman–Crippen MR) is 109 cm³/mol. The first-order valence-electron chi connectivity index (χ1n) is 10.1. The van der Waals surface area contributed by atoms with Crippen molar-refractivity contribution in [3.63, 3.8) is 0 Å². The number of hydrogen-bond donors (Lipinski definition) is 0. The summed E-state index contributed by atoms with van der Waals surface area (Å²) in [5.74, 6) is 1.63. The van der Waals surface area contributed by atoms with E-state index in [0.29, 0.717) is 42.0 Å². The van der Waals surface area contributed by atoms with E-state index in [2.05, 4.69) is 24.0 Å². The molecule has 156 valence electrons. The lowest BCUT2D eigenvalue weighted by molar-refractivity contribution is 0.0790. The minimum absolute atomic E-state index is 0.0242. The molecule has 0 bridgehead atoms. The van der Waals surface area contributed by atoms with Crippen LogP contribution in [0.1, 0.15) is 59.7 Å². The molecule has 1 aliphatic rings. The molecule has 7 heteroatoms. The van der Waals surface area contributed by atoms with Gasteiger partial charge in [0, 0.05) is 24.6 Å². The van der Waals surface area contributed by atoms with E-state index in [-0.39, 0.29) is 24.2 Å². The van der Waals surface area contributed by atoms with Crippen molar-refractivity contribution in [2.75, 3.05) is 13.1 Å². The van der Waals surface area contributed by atoms with Gasteiger partial charge in [-0.2, -0.15) is 4.98 Å². The molecule has 3 aromatic rings. The van der Waals surface area contributed by atoms with Crippen LogP contribution in [0.4, 0.5) is 4.39 Å². The molecule has 1 unspecified atom stereocenters. The Morgan fingerprint density at radius 2 is 1.93 bits per heavy atom. The Kier molecular flexibility index (Phi) is 5.79. The Hall–Kier alpha value is -3.22. The zero-order valence-electron chi connectivity index (χ0n) is 17.0. The molecule has 2 aromatic carbocycles. The van der Waals surface area contributed by atoms with Crippen molar-refractivity contribution in [2.24, 2.45) is 0 Å². The third-order valence-electron chi connectivity index (χ3n) is 5.32. The maximum Gasteiger partial charge on any atom is 0.264 e. The summed E-state index contributed by atoms with van der Waals surface area (Å²) in [5, 5.41) is 4.06. The van der Waals surface area contributed by atoms with E-state index >= 15 is 0 Å². The van der Waals surface area contributed by atoms with Gasteiger partial charge in [-0.25, -0.2) is 4.39 Å². The number of rotatable bonds is 6. The van der Waals surface area contributed by atoms with E-state index in [0.717, 1.165) is 6.42 Å². The van der Waals surface area contributed by atoms with Crippen LogP contribution < -0.4 is 4.74 Å². The molecule has 1 aliphatic heterocycles. The second-order valence-electron chi connectivity index (χ2n) is 7.80. The van der Waals surface area contributed by atoms with Crippen LogP contribution in [0.2, 0.25) is 0 Å². The van der Waals surface area contributed by atoms with Crippen LogP contribution >= 0.6 is 0 Å². The lowest BCUT2D eigenvalue weighted by Gasteiger charge is -2.16. The first-order valence-corrected chi connectivity index (χ1v) is 10.1. The van der Waals surface area contributed by atoms with Crippen molar-refractivity contribution in [1.29, 1.82) is 0 Å². The normalized spacial score (nSPS) is 16.3. The summed E-state index contributed by atoms with van der Waals surface area (Å²) < 4.78 is 23.8. The Morgan fingerprint density at radius 3 is 2.63 bits per heavy atom. The quantitative estimate of drug-likeness (QED) is 0.598. The fourth-order valence-corrected chi connectivity index (χ4v) is 3.52. The molecule has 30 heavy (non-hydrogen) atoms. The largest absolute Gasteiger partial charge is 0.484 e. The number of ether oxygens (including phenoxy) is 1. The Labute approximate surface area is 174 Å². The van der Waals surface area contributed by atoms with Crippen molar-refractivity contribution in [3.8, 4) is 5.75 Å². The van der Waals surface area contributed by atoms with Crippen LogP contribution in [0, 0.1) is 5.82 Å². The van der Waals surface area contributed by atoms with Gasteiger partial charge in [-0.15, -0.1) is 0 Å². The fourth-order valence-electron chi connectivity index (χ4n) is 3.52. The highest BCUT2D eigenvalue weighted by molar-refractivity contribution is 5.94. The number of halogens is 1. The number of carbonyl (C=O) groups excluding carboxylic acids is 1. The highest BCUT2D eigenvalue weighted by atomic mass is 19.1. The molecular formula is C23H24FN3O3. The molecule has 1 saturated heterocycles. The SMILES string of the molecule is CC(C)c1ccc(C(=O)N2CCC(c3noc(COc4ccc(F)cc4)n3)C2)cc1. The number of amides is 1. The van der Waals surface area contributed by atoms with Crippen LogP contribution in [0.15, 0.2) is 53.1 Å². The number of aromatic nitrogens is 2. The number of nitrogens with zero attached hydrogens (tertiary/aromatic N) is 3. The van der Waals surface area contributed by atoms with Crippen molar-refractivity contribution >= 4 is 5.91 Å². The van der Waals surface area contributed by atoms with Gasteiger partial charge >= 0.3 is 0 Å². The first kappa shape index (κ1) is 20.1. The summed E-state index contributed by atoms with van der Waals surface area (Å²) in [7, 11) is 0. The van der Waals surface area contributed by atoms with E-state index in [1.165, 1.54) is 17.7 Å². The van der Waals surface area contributed by atoms with Crippen molar-refractivity contribution in [2.45, 2.75) is 38.7 Å². The van der Waals surface area contributed by atoms with Crippen LogP contribution in [0.25, 0.3) is 0 Å². The van der Waals surface area contributed by atoms with Gasteiger partial charge in [0.05, 0.1) is 0 Å². The fraction of sp³-hybridized carbons (Fsp3) is 0.348. The molecule has 6 nitrogen and oxygen atoms in total. The second kappa shape index (κ2) is 8.65. The second-order valence-corrected chi connectivity index (χ2v) is 7.80. The number of hydrogen-bond acceptors (Lipinski definition) is 5. The zero-order chi connectivity index (χ0) is 21.1. The van der Waals surface area contributed by atoms with E-state index in [1.807, 2.05) is 29.2 Å². The number of benzene rings is 2. The standard InChI is InChI=1S/C23H24FN3O3/c1-15(2)16-3-5-17(6-4-16)23(28)27-12-11-18(13-27)22-25-21(30-26-22)14-29-20-9-7-19(24)8-10-20/h3-10,15,18H,11-14H2,1-2H3. The van der Waals surface area contributed by atoms with Crippen LogP contribution in [0.5, 0.6) is 5.75 Å². The maximum absolute atomic E-state index is 12.9. The number of likely N-dealkylation sites (tertiary alicyclic amines) is 1. The molecule has 1 aromatic heterocycles. The van der Waals surface area contributed by atoms with E-state index < -0.39 is 0 Å². The molecule has 1 fully saturated rings. The van der Waals surface area contributed by atoms with Gasteiger partial charge in [0.15, 0.2) is 12.4 Å². The van der Waals surface area contributed by atoms with E-state index in [1.54, 1.807) is 12.1 Å². The monoisotopic (exact) mass is 409 g/mol. The van der Waals surface area contributed by atoms with Gasteiger partial charge in [0.2, 0.25) is 0 Å². The third-order valence-corrected chi connectivity index (χ3v) is 5.32. The van der Waals surface area contributed by atoms with Gasteiger partial charge in [-0.3, -0.25) is 4.79 Å². The minimum Gasteiger partial charge on any atom is -0.484 e. The molecule has 2 heterocycles. The van der Waals surface area contributed by atoms with Gasteiger partial charge in [-0.1, -0.05) is 31.1 Å². The molecule has 1 atom stereocenters. The van der Waals surface area contributed by atoms with Crippen molar-refractivity contribution in [1.82, 2.24) is 15.0 Å². The summed E-state index contributed by atoms with van der Waals surface area (Å²) >= 11 is 0. The topological polar surface area (TPSA) is 68.5 Å². The smallest absolute Gasteiger partial charge is 0.264 e. The van der Waals surface area contributed by atoms with Crippen LogP contribution in [-0.4, -0.2) is 34.0 Å². The molecule has 0 saturated carbocycles. The highest BCUT2D eigenvalue weighted by Gasteiger charge is 2.31. The average Bonchev–Trinajstić information content (AvgIpc) is 3.42. The summed E-state index contributed by atoms with van der Waals surface area (Å²) in [5.41, 5.74) is 1.91. The van der Waals surface area contributed by atoms with Gasteiger partial charge in [0.25, 0.3) is 11.8 Å². The van der Waals surface area contributed by atoms with Crippen LogP contribution in [-0.2, 0) is 6.61 Å². The van der Waals surface area contributed by atoms with Gasteiger partial charge < -0.3 is 14.2 Å². The summed E-state index contributed by atoms with van der Waals surface area (Å²) in [6, 6.07) is 13.6. The van der Waals surface area contributed by atoms with Crippen molar-refractivity contribution < 1.29 is 18.4 Å². The molecule has 0 aliphatic carbocycles. The number of carbonyl (C=O) groups is 1. The first-order chi connectivity index (χ1) is 14.5. The molecular weight excluding hydrogens is 385 g/mol. The molecule has 0 N–H and O–H groups in total. The molecule has 4 rings (SSSR count). The Bertz CT molecular complexity index is 999. The van der Waals surface area contributed by atoms with Crippen molar-refractivity contribution in [3.05, 3.63) is 77.2 Å². The molecule has 0 radical (unpaired) electrons. The lowest BCUT2D eigenvalue weighted by Crippen LogP contribution is -2.28. The van der Waals surface area contributed by atoms with Gasteiger partial charge in [0.1, 0.15) is 11.6 Å². The zero-order valence-corrected chi connectivity index (χ0v) is 17.0.